The van der Waals surface area contributed by atoms with Crippen LogP contribution in [0.3, 0.4) is 0 Å². The molecule has 190 valence electrons. The van der Waals surface area contributed by atoms with Crippen LogP contribution in [-0.4, -0.2) is 36.7 Å². The highest BCUT2D eigenvalue weighted by Gasteiger charge is 2.48. The van der Waals surface area contributed by atoms with E-state index in [0.717, 1.165) is 41.9 Å². The zero-order chi connectivity index (χ0) is 26.3. The lowest BCUT2D eigenvalue weighted by Gasteiger charge is -2.27. The van der Waals surface area contributed by atoms with E-state index >= 15 is 0 Å². The Balaban J connectivity index is 1.69. The fraction of sp³-hybridized carbons (Fsp3) is 0.214. The van der Waals surface area contributed by atoms with Crippen LogP contribution < -0.4 is 19.3 Å². The van der Waals surface area contributed by atoms with Gasteiger partial charge in [-0.1, -0.05) is 12.1 Å². The molecule has 1 fully saturated rings. The number of amides is 1. The summed E-state index contributed by atoms with van der Waals surface area (Å²) in [5.74, 6) is -3.37. The fourth-order valence-corrected chi connectivity index (χ4v) is 4.72. The lowest BCUT2D eigenvalue weighted by atomic mass is 9.94. The molecule has 5 rings (SSSR count). The molecule has 3 aromatic rings. The van der Waals surface area contributed by atoms with Crippen LogP contribution in [0.5, 0.6) is 11.5 Å². The quantitative estimate of drug-likeness (QED) is 0.283. The topological polar surface area (TPSA) is 79.3 Å². The van der Waals surface area contributed by atoms with E-state index in [4.69, 9.17) is 9.47 Å². The van der Waals surface area contributed by atoms with E-state index in [1.807, 2.05) is 26.0 Å². The standard InChI is InChI=1S/C28H24F2N2O5/c1-3-31(4-2)19-9-5-16(6-10-19)25-24(26(33)17-7-12-22-23(13-17)37-15-36-22)27(34)28(35)32(25)21-14-18(29)8-11-20(21)30/h5-14,25,33H,3-4,15H2,1-2H3/b26-24-. The number of hydrogen-bond donors (Lipinski definition) is 1. The molecule has 0 spiro atoms. The zero-order valence-electron chi connectivity index (χ0n) is 20.2. The Morgan fingerprint density at radius 2 is 1.68 bits per heavy atom. The number of rotatable bonds is 6. The highest BCUT2D eigenvalue weighted by Crippen LogP contribution is 2.44. The first-order valence-corrected chi connectivity index (χ1v) is 11.8. The second-order valence-corrected chi connectivity index (χ2v) is 8.60. The van der Waals surface area contributed by atoms with E-state index in [2.05, 4.69) is 4.90 Å². The predicted molar refractivity (Wildman–Crippen MR) is 134 cm³/mol. The monoisotopic (exact) mass is 506 g/mol. The Bertz CT molecular complexity index is 1420. The predicted octanol–water partition coefficient (Wildman–Crippen LogP) is 5.17. The normalized spacial score (nSPS) is 17.9. The molecular formula is C28H24F2N2O5. The maximum atomic E-state index is 14.9. The number of ketones is 1. The molecule has 1 saturated heterocycles. The molecule has 1 N–H and O–H groups in total. The Morgan fingerprint density at radius 3 is 2.38 bits per heavy atom. The Labute approximate surface area is 212 Å². The van der Waals surface area contributed by atoms with Gasteiger partial charge in [-0.25, -0.2) is 8.78 Å². The number of aliphatic hydroxyl groups is 1. The van der Waals surface area contributed by atoms with Gasteiger partial charge < -0.3 is 19.5 Å². The highest BCUT2D eigenvalue weighted by atomic mass is 19.1. The number of aliphatic hydroxyl groups excluding tert-OH is 1. The zero-order valence-corrected chi connectivity index (χ0v) is 20.2. The Kier molecular flexibility index (Phi) is 6.29. The summed E-state index contributed by atoms with van der Waals surface area (Å²) >= 11 is 0. The van der Waals surface area contributed by atoms with Gasteiger partial charge in [-0.05, 0) is 61.9 Å². The number of fused-ring (bicyclic) bond motifs is 1. The van der Waals surface area contributed by atoms with Crippen molar-refractivity contribution in [2.75, 3.05) is 29.7 Å². The van der Waals surface area contributed by atoms with Crippen molar-refractivity contribution in [2.24, 2.45) is 0 Å². The van der Waals surface area contributed by atoms with E-state index in [1.165, 1.54) is 12.1 Å². The molecule has 0 aliphatic carbocycles. The van der Waals surface area contributed by atoms with E-state index in [9.17, 15) is 23.5 Å². The van der Waals surface area contributed by atoms with Gasteiger partial charge in [0.05, 0.1) is 17.3 Å². The second kappa shape index (κ2) is 9.57. The number of benzene rings is 3. The smallest absolute Gasteiger partial charge is 0.300 e. The van der Waals surface area contributed by atoms with Crippen LogP contribution in [0.15, 0.2) is 66.2 Å². The summed E-state index contributed by atoms with van der Waals surface area (Å²) in [4.78, 5) is 29.5. The van der Waals surface area contributed by atoms with Gasteiger partial charge in [-0.15, -0.1) is 0 Å². The maximum Gasteiger partial charge on any atom is 0.300 e. The fourth-order valence-electron chi connectivity index (χ4n) is 4.72. The minimum atomic E-state index is -1.20. The molecule has 7 nitrogen and oxygen atoms in total. The number of halogens is 2. The summed E-state index contributed by atoms with van der Waals surface area (Å²) in [7, 11) is 0. The molecule has 0 radical (unpaired) electrons. The average molecular weight is 507 g/mol. The maximum absolute atomic E-state index is 14.9. The SMILES string of the molecule is CCN(CC)c1ccc(C2/C(=C(/O)c3ccc4c(c3)OCO4)C(=O)C(=O)N2c2cc(F)ccc2F)cc1. The molecule has 2 aliphatic heterocycles. The molecule has 0 saturated carbocycles. The first-order chi connectivity index (χ1) is 17.8. The first-order valence-electron chi connectivity index (χ1n) is 11.8. The molecule has 9 heteroatoms. The van der Waals surface area contributed by atoms with Gasteiger partial charge >= 0.3 is 0 Å². The van der Waals surface area contributed by atoms with Crippen LogP contribution in [0.1, 0.15) is 31.0 Å². The summed E-state index contributed by atoms with van der Waals surface area (Å²) in [6.45, 7) is 5.59. The summed E-state index contributed by atoms with van der Waals surface area (Å²) in [6, 6.07) is 13.1. The van der Waals surface area contributed by atoms with Gasteiger partial charge in [0.2, 0.25) is 6.79 Å². The van der Waals surface area contributed by atoms with Crippen molar-refractivity contribution in [1.82, 2.24) is 0 Å². The summed E-state index contributed by atoms with van der Waals surface area (Å²) in [5.41, 5.74) is 0.930. The van der Waals surface area contributed by atoms with Crippen molar-refractivity contribution in [1.29, 1.82) is 0 Å². The minimum Gasteiger partial charge on any atom is -0.507 e. The number of carbonyl (C=O) groups is 2. The van der Waals surface area contributed by atoms with Gasteiger partial charge in [0.1, 0.15) is 17.4 Å². The van der Waals surface area contributed by atoms with E-state index in [0.29, 0.717) is 17.1 Å². The number of nitrogens with zero attached hydrogens (tertiary/aromatic N) is 2. The van der Waals surface area contributed by atoms with Gasteiger partial charge in [-0.2, -0.15) is 0 Å². The molecule has 2 heterocycles. The average Bonchev–Trinajstić information content (AvgIpc) is 3.48. The number of carbonyl (C=O) groups excluding carboxylic acids is 2. The van der Waals surface area contributed by atoms with Crippen LogP contribution in [0.2, 0.25) is 0 Å². The van der Waals surface area contributed by atoms with Crippen LogP contribution >= 0.6 is 0 Å². The van der Waals surface area contributed by atoms with Crippen LogP contribution in [-0.2, 0) is 9.59 Å². The summed E-state index contributed by atoms with van der Waals surface area (Å²) in [5, 5.41) is 11.3. The molecule has 2 aliphatic rings. The molecule has 0 bridgehead atoms. The van der Waals surface area contributed by atoms with Crippen molar-refractivity contribution < 1.29 is 33.0 Å². The molecule has 37 heavy (non-hydrogen) atoms. The Hall–Kier alpha value is -4.40. The van der Waals surface area contributed by atoms with Crippen LogP contribution in [0, 0.1) is 11.6 Å². The third-order valence-electron chi connectivity index (χ3n) is 6.60. The van der Waals surface area contributed by atoms with Crippen LogP contribution in [0.4, 0.5) is 20.2 Å². The first kappa shape index (κ1) is 24.3. The van der Waals surface area contributed by atoms with Crippen molar-refractivity contribution in [3.63, 3.8) is 0 Å². The Morgan fingerprint density at radius 1 is 0.973 bits per heavy atom. The lowest BCUT2D eigenvalue weighted by molar-refractivity contribution is -0.132. The molecular weight excluding hydrogens is 482 g/mol. The second-order valence-electron chi connectivity index (χ2n) is 8.60. The third kappa shape index (κ3) is 4.16. The number of hydrogen-bond acceptors (Lipinski definition) is 6. The molecule has 0 aromatic heterocycles. The highest BCUT2D eigenvalue weighted by molar-refractivity contribution is 6.51. The molecule has 1 amide bonds. The minimum absolute atomic E-state index is 0.0155. The van der Waals surface area contributed by atoms with Crippen molar-refractivity contribution in [3.05, 3.63) is 89.0 Å². The lowest BCUT2D eigenvalue weighted by Crippen LogP contribution is -2.30. The summed E-state index contributed by atoms with van der Waals surface area (Å²) in [6.07, 6.45) is 0. The van der Waals surface area contributed by atoms with Crippen molar-refractivity contribution in [2.45, 2.75) is 19.9 Å². The number of ether oxygens (including phenoxy) is 2. The summed E-state index contributed by atoms with van der Waals surface area (Å²) < 4.78 is 39.7. The van der Waals surface area contributed by atoms with E-state index in [1.54, 1.807) is 18.2 Å². The largest absolute Gasteiger partial charge is 0.507 e. The van der Waals surface area contributed by atoms with Gasteiger partial charge in [-0.3, -0.25) is 14.5 Å². The van der Waals surface area contributed by atoms with Crippen molar-refractivity contribution >= 4 is 28.8 Å². The van der Waals surface area contributed by atoms with Crippen molar-refractivity contribution in [3.8, 4) is 11.5 Å². The van der Waals surface area contributed by atoms with Crippen LogP contribution in [0.25, 0.3) is 5.76 Å². The van der Waals surface area contributed by atoms with E-state index < -0.39 is 40.8 Å². The number of anilines is 2. The molecule has 1 unspecified atom stereocenters. The van der Waals surface area contributed by atoms with E-state index in [-0.39, 0.29) is 17.9 Å². The number of Topliss-reactive ketones (excluding diaryl/α,β-unsaturated/α-hetero) is 1. The third-order valence-corrected chi connectivity index (χ3v) is 6.60. The molecule has 3 aromatic carbocycles. The molecule has 1 atom stereocenters. The van der Waals surface area contributed by atoms with Gasteiger partial charge in [0, 0.05) is 30.4 Å². The van der Waals surface area contributed by atoms with Gasteiger partial charge in [0.25, 0.3) is 11.7 Å². The van der Waals surface area contributed by atoms with Gasteiger partial charge in [0.15, 0.2) is 11.5 Å².